The van der Waals surface area contributed by atoms with Crippen molar-refractivity contribution in [2.75, 3.05) is 5.32 Å². The summed E-state index contributed by atoms with van der Waals surface area (Å²) in [7, 11) is 0. The van der Waals surface area contributed by atoms with E-state index < -0.39 is 0 Å². The van der Waals surface area contributed by atoms with Crippen LogP contribution in [0.15, 0.2) is 16.7 Å². The van der Waals surface area contributed by atoms with Gasteiger partial charge in [0.2, 0.25) is 5.91 Å². The van der Waals surface area contributed by atoms with Crippen LogP contribution < -0.4 is 10.6 Å². The van der Waals surface area contributed by atoms with Crippen LogP contribution in [0.3, 0.4) is 0 Å². The van der Waals surface area contributed by atoms with Crippen molar-refractivity contribution in [1.82, 2.24) is 10.3 Å². The number of pyridine rings is 1. The largest absolute Gasteiger partial charge is 0.309 e. The van der Waals surface area contributed by atoms with Gasteiger partial charge in [-0.1, -0.05) is 0 Å². The van der Waals surface area contributed by atoms with E-state index in [1.165, 1.54) is 0 Å². The lowest BCUT2D eigenvalue weighted by Crippen LogP contribution is -2.34. The first-order valence-corrected chi connectivity index (χ1v) is 5.15. The fourth-order valence-electron chi connectivity index (χ4n) is 1.31. The van der Waals surface area contributed by atoms with Gasteiger partial charge in [0.1, 0.15) is 5.82 Å². The van der Waals surface area contributed by atoms with Crippen molar-refractivity contribution < 1.29 is 4.79 Å². The first kappa shape index (κ1) is 9.61. The molecule has 2 heterocycles. The standard InChI is InChI=1S/C9H10BrN3O/c1-5-9(14)13-8-6(3-11-5)2-7(10)4-12-8/h2,4-5,11H,3H2,1H3,(H,12,13,14)/t5-/m0/s1. The topological polar surface area (TPSA) is 54.0 Å². The van der Waals surface area contributed by atoms with E-state index in [4.69, 9.17) is 0 Å². The minimum absolute atomic E-state index is 0.0430. The maximum atomic E-state index is 11.4. The van der Waals surface area contributed by atoms with Gasteiger partial charge in [0, 0.05) is 22.8 Å². The van der Waals surface area contributed by atoms with Gasteiger partial charge in [0.05, 0.1) is 6.04 Å². The Balaban J connectivity index is 2.37. The SMILES string of the molecule is C[C@@H]1NCc2cc(Br)cnc2NC1=O. The Morgan fingerprint density at radius 1 is 1.64 bits per heavy atom. The molecule has 0 fully saturated rings. The number of nitrogens with one attached hydrogen (secondary N) is 2. The highest BCUT2D eigenvalue weighted by Gasteiger charge is 2.19. The van der Waals surface area contributed by atoms with Gasteiger partial charge < -0.3 is 10.6 Å². The molecular formula is C9H10BrN3O. The van der Waals surface area contributed by atoms with Crippen LogP contribution in [-0.2, 0) is 11.3 Å². The van der Waals surface area contributed by atoms with Gasteiger partial charge in [-0.3, -0.25) is 4.79 Å². The zero-order valence-corrected chi connectivity index (χ0v) is 9.26. The van der Waals surface area contributed by atoms with Gasteiger partial charge in [0.15, 0.2) is 0 Å². The summed E-state index contributed by atoms with van der Waals surface area (Å²) in [6, 6.07) is 1.77. The normalized spacial score (nSPS) is 21.0. The molecule has 0 bridgehead atoms. The molecule has 0 aromatic carbocycles. The van der Waals surface area contributed by atoms with Crippen molar-refractivity contribution in [3.63, 3.8) is 0 Å². The minimum Gasteiger partial charge on any atom is -0.309 e. The van der Waals surface area contributed by atoms with Crippen LogP contribution >= 0.6 is 15.9 Å². The molecule has 2 N–H and O–H groups in total. The Kier molecular flexibility index (Phi) is 2.52. The molecular weight excluding hydrogens is 246 g/mol. The molecule has 0 unspecified atom stereocenters. The van der Waals surface area contributed by atoms with Crippen LogP contribution in [-0.4, -0.2) is 16.9 Å². The van der Waals surface area contributed by atoms with Crippen molar-refractivity contribution in [1.29, 1.82) is 0 Å². The summed E-state index contributed by atoms with van der Waals surface area (Å²) in [6.45, 7) is 2.48. The average Bonchev–Trinajstić information content (AvgIpc) is 2.29. The average molecular weight is 256 g/mol. The lowest BCUT2D eigenvalue weighted by Gasteiger charge is -2.06. The van der Waals surface area contributed by atoms with Crippen LogP contribution in [0.4, 0.5) is 5.82 Å². The Bertz CT molecular complexity index is 380. The number of nitrogens with zero attached hydrogens (tertiary/aromatic N) is 1. The second-order valence-corrected chi connectivity index (χ2v) is 4.17. The van der Waals surface area contributed by atoms with E-state index in [9.17, 15) is 4.79 Å². The zero-order valence-electron chi connectivity index (χ0n) is 7.67. The van der Waals surface area contributed by atoms with Gasteiger partial charge in [0.25, 0.3) is 0 Å². The molecule has 1 amide bonds. The molecule has 1 aromatic heterocycles. The second kappa shape index (κ2) is 3.67. The van der Waals surface area contributed by atoms with Crippen molar-refractivity contribution in [2.24, 2.45) is 0 Å². The quantitative estimate of drug-likeness (QED) is 0.735. The minimum atomic E-state index is -0.178. The molecule has 1 aromatic rings. The van der Waals surface area contributed by atoms with E-state index in [2.05, 4.69) is 31.5 Å². The number of anilines is 1. The smallest absolute Gasteiger partial charge is 0.242 e. The molecule has 0 radical (unpaired) electrons. The van der Waals surface area contributed by atoms with Crippen LogP contribution in [0.2, 0.25) is 0 Å². The van der Waals surface area contributed by atoms with Crippen LogP contribution in [0.1, 0.15) is 12.5 Å². The van der Waals surface area contributed by atoms with Gasteiger partial charge in [-0.25, -0.2) is 4.98 Å². The zero-order chi connectivity index (χ0) is 10.1. The first-order chi connectivity index (χ1) is 6.66. The molecule has 2 rings (SSSR count). The van der Waals surface area contributed by atoms with Crippen LogP contribution in [0.5, 0.6) is 0 Å². The van der Waals surface area contributed by atoms with Crippen molar-refractivity contribution in [2.45, 2.75) is 19.5 Å². The molecule has 1 aliphatic heterocycles. The molecule has 4 nitrogen and oxygen atoms in total. The Labute approximate surface area is 90.2 Å². The van der Waals surface area contributed by atoms with E-state index >= 15 is 0 Å². The maximum Gasteiger partial charge on any atom is 0.242 e. The Morgan fingerprint density at radius 3 is 3.21 bits per heavy atom. The first-order valence-electron chi connectivity index (χ1n) is 4.35. The number of carbonyl (C=O) groups is 1. The highest BCUT2D eigenvalue weighted by Crippen LogP contribution is 2.19. The molecule has 0 spiro atoms. The fourth-order valence-corrected chi connectivity index (χ4v) is 1.69. The molecule has 0 aliphatic carbocycles. The molecule has 5 heteroatoms. The van der Waals surface area contributed by atoms with Gasteiger partial charge >= 0.3 is 0 Å². The summed E-state index contributed by atoms with van der Waals surface area (Å²) >= 11 is 3.34. The van der Waals surface area contributed by atoms with E-state index in [1.807, 2.05) is 13.0 Å². The summed E-state index contributed by atoms with van der Waals surface area (Å²) in [4.78, 5) is 15.6. The highest BCUT2D eigenvalue weighted by atomic mass is 79.9. The molecule has 74 valence electrons. The number of fused-ring (bicyclic) bond motifs is 1. The lowest BCUT2D eigenvalue weighted by molar-refractivity contribution is -0.117. The number of rotatable bonds is 0. The molecule has 14 heavy (non-hydrogen) atoms. The number of hydrogen-bond acceptors (Lipinski definition) is 3. The van der Waals surface area contributed by atoms with Crippen LogP contribution in [0.25, 0.3) is 0 Å². The number of amides is 1. The van der Waals surface area contributed by atoms with Gasteiger partial charge in [-0.15, -0.1) is 0 Å². The summed E-state index contributed by atoms with van der Waals surface area (Å²) in [5, 5.41) is 5.87. The molecule has 0 saturated heterocycles. The van der Waals surface area contributed by atoms with Gasteiger partial charge in [-0.05, 0) is 28.9 Å². The summed E-state index contributed by atoms with van der Waals surface area (Å²) in [6.07, 6.45) is 1.68. The molecule has 1 atom stereocenters. The van der Waals surface area contributed by atoms with Crippen molar-refractivity contribution >= 4 is 27.7 Å². The van der Waals surface area contributed by atoms with E-state index in [-0.39, 0.29) is 11.9 Å². The molecule has 1 aliphatic rings. The highest BCUT2D eigenvalue weighted by molar-refractivity contribution is 9.10. The third-order valence-electron chi connectivity index (χ3n) is 2.17. The second-order valence-electron chi connectivity index (χ2n) is 3.25. The number of aromatic nitrogens is 1. The third-order valence-corrected chi connectivity index (χ3v) is 2.60. The summed E-state index contributed by atoms with van der Waals surface area (Å²) < 4.78 is 0.918. The summed E-state index contributed by atoms with van der Waals surface area (Å²) in [5.74, 6) is 0.605. The maximum absolute atomic E-state index is 11.4. The molecule has 0 saturated carbocycles. The van der Waals surface area contributed by atoms with E-state index in [1.54, 1.807) is 6.20 Å². The summed E-state index contributed by atoms with van der Waals surface area (Å²) in [5.41, 5.74) is 0.997. The van der Waals surface area contributed by atoms with Crippen molar-refractivity contribution in [3.05, 3.63) is 22.3 Å². The monoisotopic (exact) mass is 255 g/mol. The van der Waals surface area contributed by atoms with Gasteiger partial charge in [-0.2, -0.15) is 0 Å². The lowest BCUT2D eigenvalue weighted by atomic mass is 10.2. The predicted octanol–water partition coefficient (Wildman–Crippen LogP) is 1.27. The predicted molar refractivity (Wildman–Crippen MR) is 56.9 cm³/mol. The van der Waals surface area contributed by atoms with E-state index in [0.717, 1.165) is 10.0 Å². The van der Waals surface area contributed by atoms with Crippen molar-refractivity contribution in [3.8, 4) is 0 Å². The van der Waals surface area contributed by atoms with E-state index in [0.29, 0.717) is 12.4 Å². The number of halogens is 1. The Hall–Kier alpha value is -0.940. The number of carbonyl (C=O) groups excluding carboxylic acids is 1. The third kappa shape index (κ3) is 1.78. The number of hydrogen-bond donors (Lipinski definition) is 2. The Morgan fingerprint density at radius 2 is 2.43 bits per heavy atom. The fraction of sp³-hybridized carbons (Fsp3) is 0.333. The van der Waals surface area contributed by atoms with Crippen LogP contribution in [0, 0.1) is 0 Å².